The van der Waals surface area contributed by atoms with Crippen LogP contribution in [0, 0.1) is 11.6 Å². The number of aromatic nitrogens is 2. The maximum atomic E-state index is 14.3. The molecule has 190 valence electrons. The van der Waals surface area contributed by atoms with Crippen molar-refractivity contribution in [2.45, 2.75) is 57.5 Å². The molecule has 35 heavy (non-hydrogen) atoms. The van der Waals surface area contributed by atoms with Gasteiger partial charge in [0.2, 0.25) is 0 Å². The number of fused-ring (bicyclic) bond motifs is 1. The van der Waals surface area contributed by atoms with Crippen LogP contribution in [0.25, 0.3) is 5.70 Å². The van der Waals surface area contributed by atoms with E-state index in [0.29, 0.717) is 37.6 Å². The van der Waals surface area contributed by atoms with Gasteiger partial charge in [-0.25, -0.2) is 18.6 Å². The predicted octanol–water partition coefficient (Wildman–Crippen LogP) is 3.71. The molecule has 1 fully saturated rings. The molecule has 1 amide bonds. The molecule has 2 aromatic rings. The molecule has 0 bridgehead atoms. The van der Waals surface area contributed by atoms with Crippen LogP contribution in [0.1, 0.15) is 55.1 Å². The van der Waals surface area contributed by atoms with Gasteiger partial charge in [-0.3, -0.25) is 9.80 Å². The van der Waals surface area contributed by atoms with Gasteiger partial charge >= 0.3 is 6.09 Å². The number of unbranched alkanes of at least 4 members (excludes halogenated alkanes) is 1. The summed E-state index contributed by atoms with van der Waals surface area (Å²) >= 11 is 0. The van der Waals surface area contributed by atoms with Gasteiger partial charge < -0.3 is 19.8 Å². The number of ether oxygens (including phenoxy) is 2. The minimum absolute atomic E-state index is 0.0309. The van der Waals surface area contributed by atoms with Crippen LogP contribution < -0.4 is 5.73 Å². The van der Waals surface area contributed by atoms with Crippen molar-refractivity contribution >= 4 is 11.8 Å². The van der Waals surface area contributed by atoms with E-state index in [1.165, 1.54) is 12.0 Å². The summed E-state index contributed by atoms with van der Waals surface area (Å²) in [5, 5.41) is 0. The van der Waals surface area contributed by atoms with Crippen molar-refractivity contribution in [3.63, 3.8) is 0 Å². The number of amides is 1. The fourth-order valence-corrected chi connectivity index (χ4v) is 4.89. The van der Waals surface area contributed by atoms with Crippen LogP contribution in [-0.2, 0) is 29.6 Å². The topological polar surface area (TPSA) is 85.9 Å². The van der Waals surface area contributed by atoms with Crippen molar-refractivity contribution in [1.82, 2.24) is 19.4 Å². The molecule has 0 unspecified atom stereocenters. The first kappa shape index (κ1) is 25.3. The fourth-order valence-electron chi connectivity index (χ4n) is 4.89. The lowest BCUT2D eigenvalue weighted by molar-refractivity contribution is -0.0535. The molecule has 1 aromatic carbocycles. The molecule has 3 heterocycles. The Morgan fingerprint density at radius 3 is 2.80 bits per heavy atom. The zero-order valence-corrected chi connectivity index (χ0v) is 20.6. The number of allylic oxidation sites excluding steroid dienone is 1. The monoisotopic (exact) mass is 489 g/mol. The van der Waals surface area contributed by atoms with Crippen LogP contribution in [-0.4, -0.2) is 58.3 Å². The average Bonchev–Trinajstić information content (AvgIpc) is 3.40. The van der Waals surface area contributed by atoms with Crippen LogP contribution in [0.3, 0.4) is 0 Å². The molecule has 4 rings (SSSR count). The number of methoxy groups -OCH3 is 1. The normalized spacial score (nSPS) is 22.8. The third kappa shape index (κ3) is 4.96. The Morgan fingerprint density at radius 2 is 2.14 bits per heavy atom. The second-order valence-electron chi connectivity index (χ2n) is 9.17. The summed E-state index contributed by atoms with van der Waals surface area (Å²) in [7, 11) is 4.98. The summed E-state index contributed by atoms with van der Waals surface area (Å²) in [6.07, 6.45) is 3.22. The molecule has 0 spiro atoms. The molecular weight excluding hydrogens is 456 g/mol. The first-order valence-corrected chi connectivity index (χ1v) is 11.9. The predicted molar refractivity (Wildman–Crippen MR) is 127 cm³/mol. The van der Waals surface area contributed by atoms with Gasteiger partial charge in [0.05, 0.1) is 30.8 Å². The number of benzene rings is 1. The number of hydrogen-bond acceptors (Lipinski definition) is 6. The average molecular weight is 490 g/mol. The van der Waals surface area contributed by atoms with Crippen molar-refractivity contribution in [3.05, 3.63) is 58.7 Å². The van der Waals surface area contributed by atoms with E-state index in [1.807, 2.05) is 17.7 Å². The van der Waals surface area contributed by atoms with E-state index in [0.717, 1.165) is 42.4 Å². The van der Waals surface area contributed by atoms with Crippen LogP contribution in [0.2, 0.25) is 0 Å². The summed E-state index contributed by atoms with van der Waals surface area (Å²) in [5.74, 6) is -0.310. The zero-order chi connectivity index (χ0) is 25.3. The number of nitrogens with two attached hydrogens (primary N) is 1. The summed E-state index contributed by atoms with van der Waals surface area (Å²) in [5.41, 5.74) is 9.24. The molecule has 3 atom stereocenters. The molecule has 2 aliphatic heterocycles. The fraction of sp³-hybridized carbons (Fsp3) is 0.520. The highest BCUT2D eigenvalue weighted by molar-refractivity contribution is 5.80. The van der Waals surface area contributed by atoms with Crippen LogP contribution in [0.15, 0.2) is 24.3 Å². The summed E-state index contributed by atoms with van der Waals surface area (Å²) < 4.78 is 40.8. The van der Waals surface area contributed by atoms with Crippen molar-refractivity contribution in [1.29, 1.82) is 0 Å². The molecule has 0 aliphatic carbocycles. The van der Waals surface area contributed by atoms with Crippen LogP contribution in [0.5, 0.6) is 0 Å². The molecule has 2 N–H and O–H groups in total. The highest BCUT2D eigenvalue weighted by Gasteiger charge is 2.38. The summed E-state index contributed by atoms with van der Waals surface area (Å²) in [4.78, 5) is 20.8. The Hall–Kier alpha value is -2.82. The van der Waals surface area contributed by atoms with Crippen molar-refractivity contribution < 1.29 is 23.0 Å². The molecule has 8 nitrogen and oxygen atoms in total. The van der Waals surface area contributed by atoms with Crippen molar-refractivity contribution in [2.75, 3.05) is 20.8 Å². The number of hydrogen-bond donors (Lipinski definition) is 1. The molecular formula is C25H33F2N5O3. The Morgan fingerprint density at radius 1 is 1.37 bits per heavy atom. The van der Waals surface area contributed by atoms with Crippen LogP contribution >= 0.6 is 0 Å². The number of carbonyl (C=O) groups is 1. The lowest BCUT2D eigenvalue weighted by atomic mass is 9.93. The van der Waals surface area contributed by atoms with Crippen LogP contribution in [0.4, 0.5) is 13.6 Å². The Balaban J connectivity index is 1.48. The maximum Gasteiger partial charge on any atom is 0.413 e. The van der Waals surface area contributed by atoms with Gasteiger partial charge in [0.1, 0.15) is 17.7 Å². The second kappa shape index (κ2) is 10.4. The number of carbonyl (C=O) groups excluding carboxylic acids is 1. The van der Waals surface area contributed by atoms with E-state index in [1.54, 1.807) is 7.05 Å². The van der Waals surface area contributed by atoms with Gasteiger partial charge in [0, 0.05) is 44.8 Å². The van der Waals surface area contributed by atoms with Gasteiger partial charge in [0.15, 0.2) is 5.82 Å². The first-order chi connectivity index (χ1) is 16.7. The first-order valence-electron chi connectivity index (χ1n) is 11.9. The van der Waals surface area contributed by atoms with Crippen molar-refractivity contribution in [3.8, 4) is 0 Å². The van der Waals surface area contributed by atoms with Crippen molar-refractivity contribution in [2.24, 2.45) is 12.8 Å². The smallest absolute Gasteiger partial charge is 0.413 e. The van der Waals surface area contributed by atoms with Gasteiger partial charge in [-0.05, 0) is 31.0 Å². The van der Waals surface area contributed by atoms with E-state index in [-0.39, 0.29) is 11.6 Å². The molecule has 1 saturated heterocycles. The second-order valence-corrected chi connectivity index (χ2v) is 9.17. The van der Waals surface area contributed by atoms with E-state index < -0.39 is 29.9 Å². The Bertz CT molecular complexity index is 1120. The van der Waals surface area contributed by atoms with E-state index in [9.17, 15) is 13.6 Å². The number of imidazole rings is 1. The van der Waals surface area contributed by atoms with E-state index in [2.05, 4.69) is 11.8 Å². The third-order valence-electron chi connectivity index (χ3n) is 6.85. The number of halogens is 2. The summed E-state index contributed by atoms with van der Waals surface area (Å²) in [6.45, 7) is 3.71. The molecule has 10 heteroatoms. The quantitative estimate of drug-likeness (QED) is 0.666. The SMILES string of the molecule is CCC/C=C(\c1nc2c(n1C)CN([C@H]1CO[C@H](c3cc(F)ccc3F)[C@@H](N)C1)C2)N(C)C(=O)OC. The highest BCUT2D eigenvalue weighted by atomic mass is 19.1. The Labute approximate surface area is 204 Å². The standard InChI is InChI=1S/C25H33F2N5O3/c1-5-6-7-21(31(3)25(33)34-4)24-29-20-12-32(13-22(20)30(24)2)16-11-19(28)23(35-14-16)17-10-15(26)8-9-18(17)27/h7-10,16,19,23H,5-6,11-14,28H2,1-4H3/b21-7+/t16-,19+,23-/m1/s1. The molecule has 2 aliphatic rings. The molecule has 1 aromatic heterocycles. The number of rotatable bonds is 6. The molecule has 0 radical (unpaired) electrons. The minimum atomic E-state index is -0.684. The highest BCUT2D eigenvalue weighted by Crippen LogP contribution is 2.35. The minimum Gasteiger partial charge on any atom is -0.452 e. The molecule has 0 saturated carbocycles. The van der Waals surface area contributed by atoms with Gasteiger partial charge in [-0.1, -0.05) is 19.4 Å². The van der Waals surface area contributed by atoms with E-state index >= 15 is 0 Å². The zero-order valence-electron chi connectivity index (χ0n) is 20.6. The van der Waals surface area contributed by atoms with Gasteiger partial charge in [-0.2, -0.15) is 0 Å². The maximum absolute atomic E-state index is 14.3. The largest absolute Gasteiger partial charge is 0.452 e. The van der Waals surface area contributed by atoms with E-state index in [4.69, 9.17) is 20.2 Å². The lowest BCUT2D eigenvalue weighted by Gasteiger charge is -2.38. The van der Waals surface area contributed by atoms with Gasteiger partial charge in [0.25, 0.3) is 0 Å². The number of nitrogens with zero attached hydrogens (tertiary/aromatic N) is 4. The lowest BCUT2D eigenvalue weighted by Crippen LogP contribution is -2.48. The van der Waals surface area contributed by atoms with Gasteiger partial charge in [-0.15, -0.1) is 0 Å². The third-order valence-corrected chi connectivity index (χ3v) is 6.85. The summed E-state index contributed by atoms with van der Waals surface area (Å²) in [6, 6.07) is 2.92. The Kier molecular flexibility index (Phi) is 7.53.